The highest BCUT2D eigenvalue weighted by molar-refractivity contribution is 5.26. The first-order chi connectivity index (χ1) is 12.3. The maximum absolute atomic E-state index is 10.2. The third kappa shape index (κ3) is 2.76. The molecule has 3 fully saturated rings. The quantitative estimate of drug-likeness (QED) is 0.558. The van der Waals surface area contributed by atoms with Crippen LogP contribution in [0.15, 0.2) is 23.3 Å². The van der Waals surface area contributed by atoms with Crippen LogP contribution in [-0.4, -0.2) is 11.2 Å². The number of hydrogen-bond acceptors (Lipinski definition) is 1. The number of aliphatic hydroxyl groups excluding tert-OH is 1. The zero-order valence-corrected chi connectivity index (χ0v) is 17.7. The molecule has 0 aromatic carbocycles. The Morgan fingerprint density at radius 2 is 1.88 bits per heavy atom. The average Bonchev–Trinajstić information content (AvgIpc) is 2.92. The van der Waals surface area contributed by atoms with Gasteiger partial charge in [0, 0.05) is 0 Å². The van der Waals surface area contributed by atoms with Crippen molar-refractivity contribution in [3.63, 3.8) is 0 Å². The topological polar surface area (TPSA) is 20.2 Å². The lowest BCUT2D eigenvalue weighted by molar-refractivity contribution is -0.0454. The predicted molar refractivity (Wildman–Crippen MR) is 110 cm³/mol. The fourth-order valence-corrected chi connectivity index (χ4v) is 8.03. The zero-order valence-electron chi connectivity index (χ0n) is 17.7. The van der Waals surface area contributed by atoms with E-state index in [0.29, 0.717) is 16.7 Å². The van der Waals surface area contributed by atoms with Crippen molar-refractivity contribution in [2.24, 2.45) is 40.4 Å². The monoisotopic (exact) mass is 356 g/mol. The molecule has 0 radical (unpaired) electrons. The normalized spacial score (nSPS) is 48.7. The van der Waals surface area contributed by atoms with Gasteiger partial charge in [0.05, 0.1) is 6.10 Å². The lowest BCUT2D eigenvalue weighted by Gasteiger charge is -2.58. The van der Waals surface area contributed by atoms with E-state index in [-0.39, 0.29) is 6.10 Å². The molecule has 0 saturated heterocycles. The third-order valence-electron chi connectivity index (χ3n) is 9.22. The molecular formula is C25H40O. The molecule has 146 valence electrons. The van der Waals surface area contributed by atoms with Gasteiger partial charge in [0.15, 0.2) is 0 Å². The molecule has 0 bridgehead atoms. The van der Waals surface area contributed by atoms with Crippen molar-refractivity contribution in [3.05, 3.63) is 23.3 Å². The Labute approximate surface area is 161 Å². The van der Waals surface area contributed by atoms with Crippen LogP contribution in [0, 0.1) is 40.4 Å². The minimum atomic E-state index is -0.0839. The summed E-state index contributed by atoms with van der Waals surface area (Å²) in [6.07, 6.45) is 15.1. The first kappa shape index (κ1) is 18.8. The Kier molecular flexibility index (Phi) is 4.70. The van der Waals surface area contributed by atoms with E-state index in [1.54, 1.807) is 11.1 Å². The Hall–Kier alpha value is -0.560. The number of aliphatic hydroxyl groups is 1. The molecule has 0 heterocycles. The van der Waals surface area contributed by atoms with E-state index in [2.05, 4.69) is 46.8 Å². The van der Waals surface area contributed by atoms with Crippen LogP contribution in [0.3, 0.4) is 0 Å². The van der Waals surface area contributed by atoms with Crippen molar-refractivity contribution in [1.82, 2.24) is 0 Å². The van der Waals surface area contributed by atoms with Crippen LogP contribution in [0.4, 0.5) is 0 Å². The van der Waals surface area contributed by atoms with Crippen LogP contribution in [0.2, 0.25) is 0 Å². The van der Waals surface area contributed by atoms with Crippen LogP contribution in [0.1, 0.15) is 86.0 Å². The molecule has 0 aromatic heterocycles. The minimum Gasteiger partial charge on any atom is -0.393 e. The summed E-state index contributed by atoms with van der Waals surface area (Å²) in [4.78, 5) is 0. The summed E-state index contributed by atoms with van der Waals surface area (Å²) in [6.45, 7) is 12.2. The van der Waals surface area contributed by atoms with Gasteiger partial charge in [-0.2, -0.15) is 0 Å². The van der Waals surface area contributed by atoms with Crippen LogP contribution in [0.5, 0.6) is 0 Å². The Balaban J connectivity index is 1.62. The van der Waals surface area contributed by atoms with Gasteiger partial charge >= 0.3 is 0 Å². The van der Waals surface area contributed by atoms with Gasteiger partial charge in [-0.15, -0.1) is 0 Å². The van der Waals surface area contributed by atoms with Crippen molar-refractivity contribution < 1.29 is 5.11 Å². The summed E-state index contributed by atoms with van der Waals surface area (Å²) in [5.74, 6) is 4.13. The van der Waals surface area contributed by atoms with Crippen molar-refractivity contribution in [1.29, 1.82) is 0 Å². The highest BCUT2D eigenvalue weighted by atomic mass is 16.3. The number of rotatable bonds is 2. The minimum absolute atomic E-state index is 0.0839. The lowest BCUT2D eigenvalue weighted by atomic mass is 9.47. The van der Waals surface area contributed by atoms with Crippen LogP contribution in [-0.2, 0) is 0 Å². The van der Waals surface area contributed by atoms with Gasteiger partial charge in [0.1, 0.15) is 0 Å². The van der Waals surface area contributed by atoms with E-state index >= 15 is 0 Å². The molecule has 3 unspecified atom stereocenters. The molecule has 3 saturated carbocycles. The largest absolute Gasteiger partial charge is 0.393 e. The van der Waals surface area contributed by atoms with Crippen LogP contribution < -0.4 is 0 Å². The van der Waals surface area contributed by atoms with E-state index in [0.717, 1.165) is 36.5 Å². The summed E-state index contributed by atoms with van der Waals surface area (Å²) in [7, 11) is 0. The molecule has 4 rings (SSSR count). The second-order valence-corrected chi connectivity index (χ2v) is 11.0. The van der Waals surface area contributed by atoms with E-state index in [1.807, 2.05) is 0 Å². The molecule has 4 aliphatic rings. The number of fused-ring (bicyclic) bond motifs is 5. The first-order valence-corrected chi connectivity index (χ1v) is 11.3. The highest BCUT2D eigenvalue weighted by Gasteiger charge is 2.58. The van der Waals surface area contributed by atoms with Gasteiger partial charge < -0.3 is 5.11 Å². The summed E-state index contributed by atoms with van der Waals surface area (Å²) < 4.78 is 0. The Morgan fingerprint density at radius 3 is 2.62 bits per heavy atom. The molecule has 1 heteroatoms. The molecule has 0 aromatic rings. The predicted octanol–water partition coefficient (Wildman–Crippen LogP) is 6.53. The molecule has 0 amide bonds. The number of allylic oxidation sites excluding steroid dienone is 3. The molecular weight excluding hydrogens is 316 g/mol. The van der Waals surface area contributed by atoms with Crippen molar-refractivity contribution in [2.45, 2.75) is 92.1 Å². The van der Waals surface area contributed by atoms with Crippen molar-refractivity contribution in [2.75, 3.05) is 0 Å². The van der Waals surface area contributed by atoms with Gasteiger partial charge in [-0.1, -0.05) is 51.0 Å². The summed E-state index contributed by atoms with van der Waals surface area (Å²) in [5, 5.41) is 10.2. The Morgan fingerprint density at radius 1 is 1.12 bits per heavy atom. The standard InChI is InChI=1S/C25H40O/c1-16(2)14-17(3)21-8-9-22-20-7-6-18-15-19(26)10-12-24(18,4)23(20)11-13-25(21,22)5/h6,14,16,19-23,26H,7-13,15H2,1-5H3/b17-14+/t19-,20?,21+,22?,23?,24-,25+/m0/s1. The van der Waals surface area contributed by atoms with Gasteiger partial charge in [0.25, 0.3) is 0 Å². The van der Waals surface area contributed by atoms with Crippen LogP contribution >= 0.6 is 0 Å². The average molecular weight is 357 g/mol. The smallest absolute Gasteiger partial charge is 0.0577 e. The maximum Gasteiger partial charge on any atom is 0.0577 e. The van der Waals surface area contributed by atoms with E-state index in [9.17, 15) is 5.11 Å². The fraction of sp³-hybridized carbons (Fsp3) is 0.840. The second kappa shape index (κ2) is 6.50. The third-order valence-corrected chi connectivity index (χ3v) is 9.22. The van der Waals surface area contributed by atoms with Gasteiger partial charge in [-0.3, -0.25) is 0 Å². The van der Waals surface area contributed by atoms with Gasteiger partial charge in [-0.05, 0) is 98.7 Å². The van der Waals surface area contributed by atoms with Crippen molar-refractivity contribution >= 4 is 0 Å². The fourth-order valence-electron chi connectivity index (χ4n) is 8.03. The molecule has 0 spiro atoms. The number of hydrogen-bond donors (Lipinski definition) is 1. The zero-order chi connectivity index (χ0) is 18.7. The van der Waals surface area contributed by atoms with Gasteiger partial charge in [-0.25, -0.2) is 0 Å². The molecule has 7 atom stereocenters. The summed E-state index contributed by atoms with van der Waals surface area (Å²) >= 11 is 0. The SMILES string of the molecule is C/C(=C\C(C)C)[C@H]1CCC2C3CC=C4C[C@@H](O)CC[C@]4(C)C3CC[C@@]21C. The molecule has 0 aliphatic heterocycles. The molecule has 26 heavy (non-hydrogen) atoms. The molecule has 1 nitrogen and oxygen atoms in total. The van der Waals surface area contributed by atoms with Crippen molar-refractivity contribution in [3.8, 4) is 0 Å². The highest BCUT2D eigenvalue weighted by Crippen LogP contribution is 2.67. The van der Waals surface area contributed by atoms with Crippen LogP contribution in [0.25, 0.3) is 0 Å². The van der Waals surface area contributed by atoms with E-state index in [4.69, 9.17) is 0 Å². The molecule has 4 aliphatic carbocycles. The summed E-state index contributed by atoms with van der Waals surface area (Å²) in [5.41, 5.74) is 4.17. The first-order valence-electron chi connectivity index (χ1n) is 11.3. The summed E-state index contributed by atoms with van der Waals surface area (Å²) in [6, 6.07) is 0. The Bertz CT molecular complexity index is 614. The second-order valence-electron chi connectivity index (χ2n) is 11.0. The van der Waals surface area contributed by atoms with E-state index < -0.39 is 0 Å². The maximum atomic E-state index is 10.2. The van der Waals surface area contributed by atoms with E-state index in [1.165, 1.54) is 38.5 Å². The lowest BCUT2D eigenvalue weighted by Crippen LogP contribution is -2.50. The molecule has 1 N–H and O–H groups in total. The van der Waals surface area contributed by atoms with Gasteiger partial charge in [0.2, 0.25) is 0 Å².